The number of benzene rings is 2. The topological polar surface area (TPSA) is 95.0 Å². The molecular formula is C26H26N2O5. The van der Waals surface area contributed by atoms with Crippen molar-refractivity contribution in [3.8, 4) is 0 Å². The number of fused-ring (bicyclic) bond motifs is 2. The summed E-state index contributed by atoms with van der Waals surface area (Å²) in [5.41, 5.74) is 2.75. The minimum absolute atomic E-state index is 0.0551. The summed E-state index contributed by atoms with van der Waals surface area (Å²) in [6.45, 7) is 0.492. The van der Waals surface area contributed by atoms with E-state index in [1.165, 1.54) is 4.90 Å². The zero-order valence-electron chi connectivity index (χ0n) is 18.3. The first-order valence-corrected chi connectivity index (χ1v) is 11.5. The first-order valence-electron chi connectivity index (χ1n) is 11.5. The quantitative estimate of drug-likeness (QED) is 0.727. The Morgan fingerprint density at radius 1 is 0.879 bits per heavy atom. The van der Waals surface area contributed by atoms with Crippen LogP contribution in [0.25, 0.3) is 0 Å². The van der Waals surface area contributed by atoms with Crippen molar-refractivity contribution in [3.63, 3.8) is 0 Å². The molecule has 0 bridgehead atoms. The van der Waals surface area contributed by atoms with Gasteiger partial charge in [0.05, 0.1) is 35.5 Å². The van der Waals surface area contributed by atoms with Gasteiger partial charge in [0, 0.05) is 6.54 Å². The van der Waals surface area contributed by atoms with E-state index in [9.17, 15) is 24.3 Å². The molecule has 1 saturated carbocycles. The molecule has 7 heteroatoms. The SMILES string of the molecule is O=C(O)[C@@H]1CCCCC1C(=O)N1CCc2ccccc2[C@H]1CN1C(=O)c2ccccc2C1=O. The summed E-state index contributed by atoms with van der Waals surface area (Å²) >= 11 is 0. The number of carbonyl (C=O) groups excluding carboxylic acids is 3. The third kappa shape index (κ3) is 3.61. The molecule has 2 heterocycles. The number of hydrogen-bond acceptors (Lipinski definition) is 4. The fraction of sp³-hybridized carbons (Fsp3) is 0.385. The van der Waals surface area contributed by atoms with E-state index in [4.69, 9.17) is 0 Å². The van der Waals surface area contributed by atoms with Gasteiger partial charge < -0.3 is 10.0 Å². The maximum absolute atomic E-state index is 13.7. The van der Waals surface area contributed by atoms with Gasteiger partial charge in [-0.2, -0.15) is 0 Å². The number of aliphatic carboxylic acids is 1. The molecule has 2 aromatic rings. The molecule has 1 unspecified atom stereocenters. The van der Waals surface area contributed by atoms with Crippen molar-refractivity contribution in [2.24, 2.45) is 11.8 Å². The normalized spacial score (nSPS) is 24.4. The predicted octanol–water partition coefficient (Wildman–Crippen LogP) is 3.30. The molecule has 1 fully saturated rings. The summed E-state index contributed by atoms with van der Waals surface area (Å²) in [4.78, 5) is 54.6. The molecule has 3 amide bonds. The summed E-state index contributed by atoms with van der Waals surface area (Å²) < 4.78 is 0. The van der Waals surface area contributed by atoms with Gasteiger partial charge in [0.25, 0.3) is 11.8 Å². The molecule has 170 valence electrons. The van der Waals surface area contributed by atoms with Crippen LogP contribution in [0.1, 0.15) is 63.6 Å². The highest BCUT2D eigenvalue weighted by Crippen LogP contribution is 2.38. The van der Waals surface area contributed by atoms with Crippen LogP contribution in [-0.2, 0) is 16.0 Å². The molecule has 7 nitrogen and oxygen atoms in total. The van der Waals surface area contributed by atoms with E-state index in [1.54, 1.807) is 29.2 Å². The van der Waals surface area contributed by atoms with E-state index in [1.807, 2.05) is 24.3 Å². The van der Waals surface area contributed by atoms with Crippen molar-refractivity contribution in [2.75, 3.05) is 13.1 Å². The summed E-state index contributed by atoms with van der Waals surface area (Å²) in [6.07, 6.45) is 3.34. The van der Waals surface area contributed by atoms with E-state index in [2.05, 4.69) is 0 Å². The van der Waals surface area contributed by atoms with Crippen molar-refractivity contribution in [1.29, 1.82) is 0 Å². The molecule has 2 aromatic carbocycles. The van der Waals surface area contributed by atoms with Crippen molar-refractivity contribution < 1.29 is 24.3 Å². The van der Waals surface area contributed by atoms with Gasteiger partial charge in [0.2, 0.25) is 5.91 Å². The smallest absolute Gasteiger partial charge is 0.307 e. The summed E-state index contributed by atoms with van der Waals surface area (Å²) in [5.74, 6) is -3.09. The number of rotatable bonds is 4. The van der Waals surface area contributed by atoms with E-state index in [0.717, 1.165) is 24.0 Å². The third-order valence-electron chi connectivity index (χ3n) is 7.33. The lowest BCUT2D eigenvalue weighted by Gasteiger charge is -2.42. The van der Waals surface area contributed by atoms with Gasteiger partial charge in [-0.05, 0) is 42.5 Å². The Labute approximate surface area is 192 Å². The Kier molecular flexibility index (Phi) is 5.48. The van der Waals surface area contributed by atoms with Gasteiger partial charge >= 0.3 is 5.97 Å². The number of imide groups is 1. The third-order valence-corrected chi connectivity index (χ3v) is 7.33. The highest BCUT2D eigenvalue weighted by atomic mass is 16.4. The van der Waals surface area contributed by atoms with Gasteiger partial charge in [0.15, 0.2) is 0 Å². The zero-order valence-corrected chi connectivity index (χ0v) is 18.3. The van der Waals surface area contributed by atoms with Gasteiger partial charge in [-0.1, -0.05) is 49.2 Å². The standard InChI is InChI=1S/C26H26N2O5/c29-23(20-11-5-6-12-21(20)26(32)33)27-14-13-16-7-1-2-8-17(16)22(27)15-28-24(30)18-9-3-4-10-19(18)25(28)31/h1-4,7-10,20-22H,5-6,11-15H2,(H,32,33)/t20?,21-,22-/m1/s1. The van der Waals surface area contributed by atoms with Crippen molar-refractivity contribution >= 4 is 23.7 Å². The van der Waals surface area contributed by atoms with E-state index in [-0.39, 0.29) is 24.3 Å². The molecule has 3 aliphatic rings. The number of carboxylic acid groups (broad SMARTS) is 1. The molecule has 0 saturated heterocycles. The van der Waals surface area contributed by atoms with E-state index < -0.39 is 23.8 Å². The first kappa shape index (κ1) is 21.4. The van der Waals surface area contributed by atoms with Crippen molar-refractivity contribution in [1.82, 2.24) is 9.80 Å². The maximum Gasteiger partial charge on any atom is 0.307 e. The van der Waals surface area contributed by atoms with Gasteiger partial charge in [-0.3, -0.25) is 24.1 Å². The van der Waals surface area contributed by atoms with Gasteiger partial charge in [-0.25, -0.2) is 0 Å². The number of nitrogens with zero attached hydrogens (tertiary/aromatic N) is 2. The van der Waals surface area contributed by atoms with Crippen molar-refractivity contribution in [3.05, 3.63) is 70.8 Å². The minimum atomic E-state index is -0.928. The van der Waals surface area contributed by atoms with Crippen LogP contribution in [0.4, 0.5) is 0 Å². The lowest BCUT2D eigenvalue weighted by Crippen LogP contribution is -2.50. The second-order valence-corrected chi connectivity index (χ2v) is 9.10. The van der Waals surface area contributed by atoms with Crippen LogP contribution in [-0.4, -0.2) is 51.7 Å². The summed E-state index contributed by atoms with van der Waals surface area (Å²) in [6, 6.07) is 14.0. The van der Waals surface area contributed by atoms with Gasteiger partial charge in [0.1, 0.15) is 0 Å². The Morgan fingerprint density at radius 3 is 2.15 bits per heavy atom. The molecule has 1 aliphatic carbocycles. The lowest BCUT2D eigenvalue weighted by atomic mass is 9.77. The largest absolute Gasteiger partial charge is 0.481 e. The number of carbonyl (C=O) groups is 4. The zero-order chi connectivity index (χ0) is 23.1. The maximum atomic E-state index is 13.7. The Bertz CT molecular complexity index is 1110. The average molecular weight is 447 g/mol. The van der Waals surface area contributed by atoms with Gasteiger partial charge in [-0.15, -0.1) is 0 Å². The summed E-state index contributed by atoms with van der Waals surface area (Å²) in [5, 5.41) is 9.71. The fourth-order valence-electron chi connectivity index (χ4n) is 5.63. The molecule has 0 aromatic heterocycles. The molecule has 1 N–H and O–H groups in total. The van der Waals surface area contributed by atoms with Crippen molar-refractivity contribution in [2.45, 2.75) is 38.1 Å². The van der Waals surface area contributed by atoms with E-state index >= 15 is 0 Å². The molecule has 3 atom stereocenters. The molecular weight excluding hydrogens is 420 g/mol. The molecule has 0 spiro atoms. The predicted molar refractivity (Wildman–Crippen MR) is 119 cm³/mol. The number of amides is 3. The number of hydrogen-bond donors (Lipinski definition) is 1. The minimum Gasteiger partial charge on any atom is -0.481 e. The Balaban J connectivity index is 1.48. The number of carboxylic acids is 1. The Morgan fingerprint density at radius 2 is 1.48 bits per heavy atom. The molecule has 5 rings (SSSR count). The fourth-order valence-corrected chi connectivity index (χ4v) is 5.63. The average Bonchev–Trinajstić information content (AvgIpc) is 3.08. The van der Waals surface area contributed by atoms with Crippen LogP contribution >= 0.6 is 0 Å². The monoisotopic (exact) mass is 446 g/mol. The van der Waals surface area contributed by atoms with E-state index in [0.29, 0.717) is 36.9 Å². The highest BCUT2D eigenvalue weighted by molar-refractivity contribution is 6.21. The molecule has 2 aliphatic heterocycles. The van der Waals surface area contributed by atoms with Crippen LogP contribution in [0.3, 0.4) is 0 Å². The highest BCUT2D eigenvalue weighted by Gasteiger charge is 2.44. The molecule has 33 heavy (non-hydrogen) atoms. The Hall–Kier alpha value is -3.48. The lowest BCUT2D eigenvalue weighted by molar-refractivity contribution is -0.153. The van der Waals surface area contributed by atoms with Crippen LogP contribution in [0.5, 0.6) is 0 Å². The van der Waals surface area contributed by atoms with Crippen LogP contribution in [0, 0.1) is 11.8 Å². The van der Waals surface area contributed by atoms with Crippen LogP contribution in [0.2, 0.25) is 0 Å². The second kappa shape index (κ2) is 8.46. The summed E-state index contributed by atoms with van der Waals surface area (Å²) in [7, 11) is 0. The van der Waals surface area contributed by atoms with Crippen LogP contribution < -0.4 is 0 Å². The second-order valence-electron chi connectivity index (χ2n) is 9.10. The van der Waals surface area contributed by atoms with Crippen LogP contribution in [0.15, 0.2) is 48.5 Å². The first-order chi connectivity index (χ1) is 16.0. The molecule has 0 radical (unpaired) electrons.